The SMILES string of the molecule is CCCC1CCC(CN)C(S(=O)(=O)Cc2ccccc2)C1. The second-order valence-corrected chi connectivity index (χ2v) is 8.51. The molecule has 21 heavy (non-hydrogen) atoms. The maximum atomic E-state index is 12.8. The van der Waals surface area contributed by atoms with Crippen molar-refractivity contribution in [1.82, 2.24) is 0 Å². The maximum absolute atomic E-state index is 12.8. The van der Waals surface area contributed by atoms with Crippen molar-refractivity contribution in [1.29, 1.82) is 0 Å². The van der Waals surface area contributed by atoms with Crippen molar-refractivity contribution in [2.45, 2.75) is 50.0 Å². The first-order valence-corrected chi connectivity index (χ1v) is 9.74. The van der Waals surface area contributed by atoms with E-state index in [1.807, 2.05) is 30.3 Å². The molecule has 1 aromatic rings. The zero-order valence-corrected chi connectivity index (χ0v) is 13.7. The zero-order chi connectivity index (χ0) is 15.3. The first-order chi connectivity index (χ1) is 10.1. The predicted octanol–water partition coefficient (Wildman–Crippen LogP) is 3.15. The summed E-state index contributed by atoms with van der Waals surface area (Å²) in [6.45, 7) is 2.65. The van der Waals surface area contributed by atoms with Crippen LogP contribution in [-0.2, 0) is 15.6 Å². The third kappa shape index (κ3) is 4.30. The molecule has 1 aliphatic rings. The van der Waals surface area contributed by atoms with E-state index in [4.69, 9.17) is 5.73 Å². The molecule has 0 aliphatic heterocycles. The lowest BCUT2D eigenvalue weighted by atomic mass is 9.80. The molecule has 2 N–H and O–H groups in total. The Balaban J connectivity index is 2.14. The molecule has 0 heterocycles. The van der Waals surface area contributed by atoms with Gasteiger partial charge in [0.25, 0.3) is 0 Å². The van der Waals surface area contributed by atoms with Crippen LogP contribution in [0.15, 0.2) is 30.3 Å². The van der Waals surface area contributed by atoms with Gasteiger partial charge in [-0.3, -0.25) is 0 Å². The first kappa shape index (κ1) is 16.5. The molecular formula is C17H27NO2S. The van der Waals surface area contributed by atoms with Gasteiger partial charge in [0.1, 0.15) is 0 Å². The van der Waals surface area contributed by atoms with Gasteiger partial charge in [-0.25, -0.2) is 8.42 Å². The van der Waals surface area contributed by atoms with Crippen molar-refractivity contribution in [3.05, 3.63) is 35.9 Å². The van der Waals surface area contributed by atoms with E-state index in [1.165, 1.54) is 0 Å². The van der Waals surface area contributed by atoms with Gasteiger partial charge in [0.15, 0.2) is 9.84 Å². The average molecular weight is 309 g/mol. The highest BCUT2D eigenvalue weighted by Gasteiger charge is 2.37. The lowest BCUT2D eigenvalue weighted by Gasteiger charge is -2.35. The van der Waals surface area contributed by atoms with Gasteiger partial charge < -0.3 is 5.73 Å². The van der Waals surface area contributed by atoms with Gasteiger partial charge in [-0.2, -0.15) is 0 Å². The van der Waals surface area contributed by atoms with Gasteiger partial charge in [-0.15, -0.1) is 0 Å². The van der Waals surface area contributed by atoms with Crippen LogP contribution in [0.5, 0.6) is 0 Å². The zero-order valence-electron chi connectivity index (χ0n) is 12.9. The molecule has 2 rings (SSSR count). The minimum absolute atomic E-state index is 0.131. The van der Waals surface area contributed by atoms with Crippen molar-refractivity contribution in [3.63, 3.8) is 0 Å². The van der Waals surface area contributed by atoms with Crippen LogP contribution in [-0.4, -0.2) is 20.2 Å². The van der Waals surface area contributed by atoms with Gasteiger partial charge in [0.2, 0.25) is 0 Å². The Morgan fingerprint density at radius 3 is 2.52 bits per heavy atom. The molecule has 3 nitrogen and oxygen atoms in total. The predicted molar refractivity (Wildman–Crippen MR) is 87.6 cm³/mol. The fourth-order valence-electron chi connectivity index (χ4n) is 3.57. The van der Waals surface area contributed by atoms with Gasteiger partial charge in [0, 0.05) is 0 Å². The minimum Gasteiger partial charge on any atom is -0.330 e. The van der Waals surface area contributed by atoms with Crippen molar-refractivity contribution in [3.8, 4) is 0 Å². The van der Waals surface area contributed by atoms with E-state index in [0.717, 1.165) is 37.7 Å². The molecule has 3 atom stereocenters. The second kappa shape index (κ2) is 7.41. The van der Waals surface area contributed by atoms with Gasteiger partial charge in [-0.1, -0.05) is 56.5 Å². The molecular weight excluding hydrogens is 282 g/mol. The smallest absolute Gasteiger partial charge is 0.157 e. The highest BCUT2D eigenvalue weighted by molar-refractivity contribution is 7.91. The third-order valence-corrected chi connectivity index (χ3v) is 6.94. The monoisotopic (exact) mass is 309 g/mol. The van der Waals surface area contributed by atoms with Crippen LogP contribution >= 0.6 is 0 Å². The molecule has 1 aliphatic carbocycles. The van der Waals surface area contributed by atoms with Gasteiger partial charge in [0.05, 0.1) is 11.0 Å². The van der Waals surface area contributed by atoms with Crippen molar-refractivity contribution < 1.29 is 8.42 Å². The quantitative estimate of drug-likeness (QED) is 0.878. The van der Waals surface area contributed by atoms with E-state index >= 15 is 0 Å². The van der Waals surface area contributed by atoms with Crippen LogP contribution in [0.3, 0.4) is 0 Å². The maximum Gasteiger partial charge on any atom is 0.157 e. The van der Waals surface area contributed by atoms with E-state index in [0.29, 0.717) is 12.5 Å². The summed E-state index contributed by atoms with van der Waals surface area (Å²) in [5.74, 6) is 0.827. The highest BCUT2D eigenvalue weighted by Crippen LogP contribution is 2.36. The molecule has 1 fully saturated rings. The molecule has 0 amide bonds. The van der Waals surface area contributed by atoms with Gasteiger partial charge in [-0.05, 0) is 36.8 Å². The third-order valence-electron chi connectivity index (χ3n) is 4.71. The summed E-state index contributed by atoms with van der Waals surface area (Å²) in [4.78, 5) is 0. The minimum atomic E-state index is -3.13. The van der Waals surface area contributed by atoms with E-state index in [9.17, 15) is 8.42 Å². The Bertz CT molecular complexity index is 527. The lowest BCUT2D eigenvalue weighted by molar-refractivity contribution is 0.268. The normalized spacial score (nSPS) is 26.7. The van der Waals surface area contributed by atoms with Crippen molar-refractivity contribution in [2.75, 3.05) is 6.54 Å². The molecule has 0 aromatic heterocycles. The molecule has 1 aromatic carbocycles. The fraction of sp³-hybridized carbons (Fsp3) is 0.647. The molecule has 118 valence electrons. The number of hydrogen-bond donors (Lipinski definition) is 1. The Hall–Kier alpha value is -0.870. The largest absolute Gasteiger partial charge is 0.330 e. The molecule has 3 unspecified atom stereocenters. The van der Waals surface area contributed by atoms with Crippen LogP contribution in [0.2, 0.25) is 0 Å². The number of rotatable bonds is 6. The Labute approximate surface area is 128 Å². The number of hydrogen-bond acceptors (Lipinski definition) is 3. The van der Waals surface area contributed by atoms with Crippen LogP contribution in [0, 0.1) is 11.8 Å². The van der Waals surface area contributed by atoms with E-state index in [2.05, 4.69) is 6.92 Å². The number of sulfone groups is 1. The first-order valence-electron chi connectivity index (χ1n) is 8.02. The number of nitrogens with two attached hydrogens (primary N) is 1. The average Bonchev–Trinajstić information content (AvgIpc) is 2.48. The van der Waals surface area contributed by atoms with E-state index < -0.39 is 9.84 Å². The van der Waals surface area contributed by atoms with Crippen molar-refractivity contribution >= 4 is 9.84 Å². The molecule has 0 spiro atoms. The standard InChI is InChI=1S/C17H27NO2S/c1-2-6-14-9-10-16(12-18)17(11-14)21(19,20)13-15-7-4-3-5-8-15/h3-5,7-8,14,16-17H,2,6,9-13,18H2,1H3. The highest BCUT2D eigenvalue weighted by atomic mass is 32.2. The number of benzene rings is 1. The Morgan fingerprint density at radius 2 is 1.90 bits per heavy atom. The van der Waals surface area contributed by atoms with Crippen LogP contribution < -0.4 is 5.73 Å². The van der Waals surface area contributed by atoms with Crippen LogP contribution in [0.25, 0.3) is 0 Å². The van der Waals surface area contributed by atoms with E-state index in [1.54, 1.807) is 0 Å². The summed E-state index contributed by atoms with van der Waals surface area (Å²) in [7, 11) is -3.13. The van der Waals surface area contributed by atoms with Crippen molar-refractivity contribution in [2.24, 2.45) is 17.6 Å². The molecule has 1 saturated carbocycles. The molecule has 0 bridgehead atoms. The van der Waals surface area contributed by atoms with Crippen LogP contribution in [0.1, 0.15) is 44.6 Å². The van der Waals surface area contributed by atoms with Crippen LogP contribution in [0.4, 0.5) is 0 Å². The summed E-state index contributed by atoms with van der Waals surface area (Å²) in [6, 6.07) is 9.48. The van der Waals surface area contributed by atoms with Gasteiger partial charge >= 0.3 is 0 Å². The van der Waals surface area contributed by atoms with E-state index in [-0.39, 0.29) is 16.9 Å². The summed E-state index contributed by atoms with van der Waals surface area (Å²) in [5.41, 5.74) is 6.72. The molecule has 0 saturated heterocycles. The summed E-state index contributed by atoms with van der Waals surface area (Å²) in [5, 5.41) is -0.256. The fourth-order valence-corrected chi connectivity index (χ4v) is 5.84. The Kier molecular flexibility index (Phi) is 5.82. The topological polar surface area (TPSA) is 60.2 Å². The summed E-state index contributed by atoms with van der Waals surface area (Å²) < 4.78 is 25.6. The Morgan fingerprint density at radius 1 is 1.19 bits per heavy atom. The lowest BCUT2D eigenvalue weighted by Crippen LogP contribution is -2.40. The summed E-state index contributed by atoms with van der Waals surface area (Å²) in [6.07, 6.45) is 5.15. The molecule has 4 heteroatoms. The summed E-state index contributed by atoms with van der Waals surface area (Å²) >= 11 is 0. The molecule has 0 radical (unpaired) electrons. The second-order valence-electron chi connectivity index (χ2n) is 6.29.